The molecular formula is C26H32N2O4. The Kier molecular flexibility index (Phi) is 4.35. The van der Waals surface area contributed by atoms with Crippen molar-refractivity contribution in [2.75, 3.05) is 10.6 Å². The summed E-state index contributed by atoms with van der Waals surface area (Å²) >= 11 is 0. The van der Waals surface area contributed by atoms with Crippen LogP contribution in [-0.2, 0) is 19.2 Å². The van der Waals surface area contributed by atoms with E-state index in [2.05, 4.69) is 10.6 Å². The first-order chi connectivity index (χ1) is 14.9. The minimum atomic E-state index is -0.937. The lowest BCUT2D eigenvalue weighted by molar-refractivity contribution is -0.143. The van der Waals surface area contributed by atoms with Crippen LogP contribution < -0.4 is 10.6 Å². The lowest BCUT2D eigenvalue weighted by Crippen LogP contribution is -2.44. The van der Waals surface area contributed by atoms with Gasteiger partial charge in [0.15, 0.2) is 11.6 Å². The van der Waals surface area contributed by atoms with Crippen LogP contribution in [0, 0.1) is 33.5 Å². The number of ketones is 2. The first kappa shape index (κ1) is 21.4. The quantitative estimate of drug-likeness (QED) is 0.686. The highest BCUT2D eigenvalue weighted by Gasteiger charge is 2.66. The number of fused-ring (bicyclic) bond motifs is 4. The maximum Gasteiger partial charge on any atom is 0.238 e. The van der Waals surface area contributed by atoms with Crippen molar-refractivity contribution in [2.24, 2.45) is 33.5 Å². The van der Waals surface area contributed by atoms with E-state index in [9.17, 15) is 19.2 Å². The zero-order valence-electron chi connectivity index (χ0n) is 19.3. The smallest absolute Gasteiger partial charge is 0.238 e. The van der Waals surface area contributed by atoms with E-state index in [0.717, 1.165) is 12.8 Å². The molecule has 4 aliphatic rings. The Hall–Kier alpha value is -2.50. The maximum absolute atomic E-state index is 13.2. The Labute approximate surface area is 188 Å². The van der Waals surface area contributed by atoms with E-state index in [1.807, 2.05) is 27.7 Å². The number of carbonyl (C=O) groups excluding carboxylic acids is 4. The third kappa shape index (κ3) is 2.64. The van der Waals surface area contributed by atoms with Crippen molar-refractivity contribution in [3.8, 4) is 0 Å². The zero-order valence-corrected chi connectivity index (χ0v) is 19.3. The summed E-state index contributed by atoms with van der Waals surface area (Å²) in [6.07, 6.45) is 4.23. The molecule has 5 rings (SSSR count). The van der Waals surface area contributed by atoms with Gasteiger partial charge in [-0.1, -0.05) is 33.8 Å². The van der Waals surface area contributed by atoms with E-state index in [1.54, 1.807) is 24.3 Å². The lowest BCUT2D eigenvalue weighted by Gasteiger charge is -2.32. The highest BCUT2D eigenvalue weighted by atomic mass is 16.2. The summed E-state index contributed by atoms with van der Waals surface area (Å²) in [5.74, 6) is 0.108. The molecule has 4 aliphatic carbocycles. The second-order valence-corrected chi connectivity index (χ2v) is 11.6. The van der Waals surface area contributed by atoms with Crippen LogP contribution in [0.2, 0.25) is 0 Å². The average molecular weight is 437 g/mol. The Morgan fingerprint density at radius 3 is 1.53 bits per heavy atom. The van der Waals surface area contributed by atoms with E-state index >= 15 is 0 Å². The van der Waals surface area contributed by atoms with Crippen LogP contribution in [0.15, 0.2) is 24.3 Å². The molecule has 2 N–H and O–H groups in total. The number of anilines is 2. The molecular weight excluding hydrogens is 404 g/mol. The molecule has 1 aromatic carbocycles. The molecule has 0 saturated heterocycles. The van der Waals surface area contributed by atoms with Gasteiger partial charge in [-0.15, -0.1) is 0 Å². The molecule has 4 atom stereocenters. The van der Waals surface area contributed by atoms with Crippen LogP contribution >= 0.6 is 0 Å². The fraction of sp³-hybridized carbons (Fsp3) is 0.615. The molecule has 170 valence electrons. The molecule has 6 heteroatoms. The maximum atomic E-state index is 13.2. The normalized spacial score (nSPS) is 35.9. The van der Waals surface area contributed by atoms with Crippen molar-refractivity contribution in [1.82, 2.24) is 0 Å². The van der Waals surface area contributed by atoms with Crippen LogP contribution in [0.5, 0.6) is 0 Å². The van der Waals surface area contributed by atoms with Gasteiger partial charge in [0.2, 0.25) is 11.8 Å². The Bertz CT molecular complexity index is 978. The molecule has 0 radical (unpaired) electrons. The summed E-state index contributed by atoms with van der Waals surface area (Å²) in [5.41, 5.74) is -1.69. The van der Waals surface area contributed by atoms with Crippen molar-refractivity contribution >= 4 is 34.8 Å². The highest BCUT2D eigenvalue weighted by Crippen LogP contribution is 2.61. The van der Waals surface area contributed by atoms with Crippen LogP contribution in [0.1, 0.15) is 66.2 Å². The molecule has 2 amide bonds. The third-order valence-electron chi connectivity index (χ3n) is 9.36. The van der Waals surface area contributed by atoms with Crippen molar-refractivity contribution < 1.29 is 19.2 Å². The summed E-state index contributed by atoms with van der Waals surface area (Å²) in [4.78, 5) is 52.4. The molecule has 1 aromatic rings. The van der Waals surface area contributed by atoms with Gasteiger partial charge in [0.05, 0.1) is 0 Å². The van der Waals surface area contributed by atoms with Crippen LogP contribution in [0.4, 0.5) is 11.4 Å². The van der Waals surface area contributed by atoms with Gasteiger partial charge >= 0.3 is 0 Å². The molecule has 6 nitrogen and oxygen atoms in total. The van der Waals surface area contributed by atoms with E-state index in [4.69, 9.17) is 0 Å². The number of carbonyl (C=O) groups is 4. The first-order valence-electron chi connectivity index (χ1n) is 11.8. The Morgan fingerprint density at radius 1 is 0.781 bits per heavy atom. The van der Waals surface area contributed by atoms with Crippen molar-refractivity contribution in [3.05, 3.63) is 24.3 Å². The van der Waals surface area contributed by atoms with Gasteiger partial charge in [-0.25, -0.2) is 0 Å². The molecule has 0 unspecified atom stereocenters. The zero-order chi connectivity index (χ0) is 23.1. The van der Waals surface area contributed by atoms with Crippen LogP contribution in [-0.4, -0.2) is 23.4 Å². The standard InChI is InChI=1S/C26H32N2O4/c1-23(2)15-8-10-25(13-15,19(23)29)21(31)27-17-6-5-7-18(12-17)28-22(32)26-11-9-16(14-26)24(3,4)20(26)30/h5-7,12,15-16H,8-11,13-14H2,1-4H3,(H,27,31)(H,28,32)/t15-,16+,25-,26-/m1/s1. The number of hydrogen-bond acceptors (Lipinski definition) is 4. The monoisotopic (exact) mass is 436 g/mol. The van der Waals surface area contributed by atoms with Gasteiger partial charge in [0.1, 0.15) is 10.8 Å². The largest absolute Gasteiger partial charge is 0.325 e. The predicted molar refractivity (Wildman–Crippen MR) is 121 cm³/mol. The van der Waals surface area contributed by atoms with Gasteiger partial charge in [-0.05, 0) is 68.6 Å². The van der Waals surface area contributed by atoms with Crippen LogP contribution in [0.25, 0.3) is 0 Å². The fourth-order valence-electron chi connectivity index (χ4n) is 7.13. The minimum Gasteiger partial charge on any atom is -0.325 e. The molecule has 0 spiro atoms. The summed E-state index contributed by atoms with van der Waals surface area (Å²) in [5, 5.41) is 5.86. The van der Waals surface area contributed by atoms with Crippen molar-refractivity contribution in [1.29, 1.82) is 0 Å². The number of nitrogens with one attached hydrogen (secondary N) is 2. The van der Waals surface area contributed by atoms with Crippen LogP contribution in [0.3, 0.4) is 0 Å². The molecule has 4 saturated carbocycles. The van der Waals surface area contributed by atoms with Gasteiger partial charge in [0, 0.05) is 22.2 Å². The van der Waals surface area contributed by atoms with E-state index < -0.39 is 21.7 Å². The first-order valence-corrected chi connectivity index (χ1v) is 11.8. The molecule has 32 heavy (non-hydrogen) atoms. The topological polar surface area (TPSA) is 92.3 Å². The number of rotatable bonds is 4. The van der Waals surface area contributed by atoms with Gasteiger partial charge in [-0.2, -0.15) is 0 Å². The number of amides is 2. The predicted octanol–water partition coefficient (Wildman–Crippen LogP) is 4.35. The average Bonchev–Trinajstić information content (AvgIpc) is 3.46. The summed E-state index contributed by atoms with van der Waals surface area (Å²) in [6, 6.07) is 6.98. The summed E-state index contributed by atoms with van der Waals surface area (Å²) in [6.45, 7) is 7.79. The SMILES string of the molecule is CC1(C)C(=O)[C@@]2(C(=O)Nc3cccc(NC(=O)[C@]45CC[C@@H](C4)C(C)(C)C5=O)c3)CC[C@@H]1C2. The van der Waals surface area contributed by atoms with Crippen molar-refractivity contribution in [2.45, 2.75) is 66.2 Å². The Morgan fingerprint density at radius 2 is 1.19 bits per heavy atom. The van der Waals surface area contributed by atoms with Gasteiger partial charge < -0.3 is 10.6 Å². The van der Waals surface area contributed by atoms with E-state index in [-0.39, 0.29) is 35.2 Å². The second kappa shape index (κ2) is 6.52. The summed E-state index contributed by atoms with van der Waals surface area (Å²) in [7, 11) is 0. The number of hydrogen-bond donors (Lipinski definition) is 2. The molecule has 0 heterocycles. The van der Waals surface area contributed by atoms with E-state index in [1.165, 1.54) is 0 Å². The molecule has 4 fully saturated rings. The minimum absolute atomic E-state index is 0.0421. The number of Topliss-reactive ketones (excluding diaryl/α,β-unsaturated/α-hetero) is 2. The summed E-state index contributed by atoms with van der Waals surface area (Å²) < 4.78 is 0. The van der Waals surface area contributed by atoms with Gasteiger partial charge in [-0.3, -0.25) is 19.2 Å². The lowest BCUT2D eigenvalue weighted by atomic mass is 9.70. The molecule has 4 bridgehead atoms. The van der Waals surface area contributed by atoms with Gasteiger partial charge in [0.25, 0.3) is 0 Å². The Balaban J connectivity index is 1.32. The third-order valence-corrected chi connectivity index (χ3v) is 9.36. The molecule has 0 aromatic heterocycles. The molecule has 0 aliphatic heterocycles. The number of benzene rings is 1. The highest BCUT2D eigenvalue weighted by molar-refractivity contribution is 6.16. The van der Waals surface area contributed by atoms with Crippen molar-refractivity contribution in [3.63, 3.8) is 0 Å². The van der Waals surface area contributed by atoms with E-state index in [0.29, 0.717) is 37.1 Å². The second-order valence-electron chi connectivity index (χ2n) is 11.6. The fourth-order valence-corrected chi connectivity index (χ4v) is 7.13.